The van der Waals surface area contributed by atoms with Crippen LogP contribution in [0.4, 0.5) is 0 Å². The second-order valence-electron chi connectivity index (χ2n) is 3.75. The molecule has 1 unspecified atom stereocenters. The predicted molar refractivity (Wildman–Crippen MR) is 74.0 cm³/mol. The van der Waals surface area contributed by atoms with Crippen molar-refractivity contribution in [1.29, 1.82) is 0 Å². The molecule has 0 aliphatic heterocycles. The molecule has 16 heavy (non-hydrogen) atoms. The van der Waals surface area contributed by atoms with Crippen LogP contribution in [0.2, 0.25) is 5.02 Å². The van der Waals surface area contributed by atoms with E-state index in [9.17, 15) is 0 Å². The van der Waals surface area contributed by atoms with Gasteiger partial charge in [0.25, 0.3) is 0 Å². The molecule has 1 aromatic carbocycles. The molecule has 0 spiro atoms. The molecule has 5 heteroatoms. The van der Waals surface area contributed by atoms with Crippen LogP contribution in [0.15, 0.2) is 18.2 Å². The van der Waals surface area contributed by atoms with Crippen LogP contribution in [-0.4, -0.2) is 19.8 Å². The molecule has 0 saturated heterocycles. The van der Waals surface area contributed by atoms with Crippen molar-refractivity contribution in [3.05, 3.63) is 23.2 Å². The highest BCUT2D eigenvalue weighted by Crippen LogP contribution is 2.07. The van der Waals surface area contributed by atoms with E-state index in [2.05, 4.69) is 9.24 Å². The van der Waals surface area contributed by atoms with Gasteiger partial charge in [0.15, 0.2) is 0 Å². The number of halogens is 1. The van der Waals surface area contributed by atoms with Gasteiger partial charge in [0, 0.05) is 17.7 Å². The fourth-order valence-electron chi connectivity index (χ4n) is 1.35. The highest BCUT2D eigenvalue weighted by molar-refractivity contribution is 7.28. The Labute approximate surface area is 105 Å². The number of rotatable bonds is 5. The van der Waals surface area contributed by atoms with Crippen LogP contribution in [0.3, 0.4) is 0 Å². The van der Waals surface area contributed by atoms with E-state index in [1.54, 1.807) is 0 Å². The van der Waals surface area contributed by atoms with Gasteiger partial charge in [-0.25, -0.2) is 0 Å². The summed E-state index contributed by atoms with van der Waals surface area (Å²) >= 11 is 5.98. The van der Waals surface area contributed by atoms with E-state index >= 15 is 0 Å². The highest BCUT2D eigenvalue weighted by Gasteiger charge is 2.24. The first-order valence-corrected chi connectivity index (χ1v) is 6.32. The zero-order chi connectivity index (χ0) is 12.1. The number of benzene rings is 1. The normalized spacial score (nSPS) is 10.9. The van der Waals surface area contributed by atoms with Gasteiger partial charge < -0.3 is 9.31 Å². The largest absolute Gasteiger partial charge is 0.494 e. The topological polar surface area (TPSA) is 18.5 Å². The zero-order valence-corrected chi connectivity index (χ0v) is 11.8. The number of hydrogen-bond donors (Lipinski definition) is 0. The van der Waals surface area contributed by atoms with E-state index in [0.29, 0.717) is 11.6 Å². The quantitative estimate of drug-likeness (QED) is 0.594. The average molecular weight is 258 g/mol. The molecule has 0 heterocycles. The Morgan fingerprint density at radius 3 is 2.69 bits per heavy atom. The number of hydrogen-bond acceptors (Lipinski definition) is 2. The summed E-state index contributed by atoms with van der Waals surface area (Å²) in [5.41, 5.74) is 0.966. The van der Waals surface area contributed by atoms with Crippen LogP contribution >= 0.6 is 20.8 Å². The average Bonchev–Trinajstić information content (AvgIpc) is 2.20. The van der Waals surface area contributed by atoms with Crippen molar-refractivity contribution >= 4 is 38.7 Å². The lowest BCUT2D eigenvalue weighted by Crippen LogP contribution is -2.44. The van der Waals surface area contributed by atoms with Gasteiger partial charge in [-0.05, 0) is 43.7 Å². The van der Waals surface area contributed by atoms with Crippen LogP contribution < -0.4 is 10.8 Å². The van der Waals surface area contributed by atoms with Crippen molar-refractivity contribution in [3.63, 3.8) is 0 Å². The van der Waals surface area contributed by atoms with Gasteiger partial charge in [-0.3, -0.25) is 0 Å². The van der Waals surface area contributed by atoms with Crippen molar-refractivity contribution in [2.24, 2.45) is 0 Å². The Balaban J connectivity index is 2.94. The summed E-state index contributed by atoms with van der Waals surface area (Å²) in [4.78, 5) is 0. The van der Waals surface area contributed by atoms with E-state index in [1.807, 2.05) is 39.0 Å². The standard InChI is InChI=1S/C11H17BClO2P/c1-4-14-12(15-8(2)3)10-7-9(13)5-6-11(10)16/h5-8H,4,16H2,1-3H3. The first kappa shape index (κ1) is 14.0. The minimum atomic E-state index is -0.351. The van der Waals surface area contributed by atoms with Crippen LogP contribution in [0, 0.1) is 0 Å². The Morgan fingerprint density at radius 2 is 2.12 bits per heavy atom. The van der Waals surface area contributed by atoms with Crippen molar-refractivity contribution in [1.82, 2.24) is 0 Å². The Bertz CT molecular complexity index is 347. The van der Waals surface area contributed by atoms with Gasteiger partial charge in [0.1, 0.15) is 0 Å². The molecule has 88 valence electrons. The molecule has 0 aliphatic carbocycles. The third-order valence-corrected chi connectivity index (χ3v) is 2.78. The Hall–Kier alpha value is -0.0751. The monoisotopic (exact) mass is 258 g/mol. The lowest BCUT2D eigenvalue weighted by atomic mass is 9.78. The molecule has 1 atom stereocenters. The Morgan fingerprint density at radius 1 is 1.44 bits per heavy atom. The predicted octanol–water partition coefficient (Wildman–Crippen LogP) is 2.00. The second kappa shape index (κ2) is 6.61. The fraction of sp³-hybridized carbons (Fsp3) is 0.455. The van der Waals surface area contributed by atoms with Crippen molar-refractivity contribution in [2.75, 3.05) is 6.61 Å². The van der Waals surface area contributed by atoms with Crippen molar-refractivity contribution < 1.29 is 9.31 Å². The first-order chi connectivity index (χ1) is 7.54. The van der Waals surface area contributed by atoms with E-state index < -0.39 is 0 Å². The van der Waals surface area contributed by atoms with Crippen molar-refractivity contribution in [2.45, 2.75) is 26.9 Å². The lowest BCUT2D eigenvalue weighted by molar-refractivity contribution is 0.173. The summed E-state index contributed by atoms with van der Waals surface area (Å²) in [6.07, 6.45) is 0.111. The molecule has 0 N–H and O–H groups in total. The third-order valence-electron chi connectivity index (χ3n) is 2.02. The molecule has 0 aliphatic rings. The summed E-state index contributed by atoms with van der Waals surface area (Å²) in [6.45, 7) is 6.52. The van der Waals surface area contributed by atoms with Gasteiger partial charge in [-0.15, -0.1) is 9.24 Å². The zero-order valence-electron chi connectivity index (χ0n) is 9.87. The molecular formula is C11H17BClO2P. The summed E-state index contributed by atoms with van der Waals surface area (Å²) < 4.78 is 11.3. The maximum atomic E-state index is 5.98. The molecule has 1 rings (SSSR count). The molecule has 0 radical (unpaired) electrons. The maximum Gasteiger partial charge on any atom is 0.494 e. The molecule has 0 bridgehead atoms. The van der Waals surface area contributed by atoms with Crippen LogP contribution in [0.5, 0.6) is 0 Å². The van der Waals surface area contributed by atoms with E-state index in [-0.39, 0.29) is 13.2 Å². The van der Waals surface area contributed by atoms with Gasteiger partial charge >= 0.3 is 7.12 Å². The van der Waals surface area contributed by atoms with Crippen LogP contribution in [0.1, 0.15) is 20.8 Å². The van der Waals surface area contributed by atoms with Gasteiger partial charge in [-0.1, -0.05) is 17.7 Å². The maximum absolute atomic E-state index is 5.98. The third kappa shape index (κ3) is 4.06. The Kier molecular flexibility index (Phi) is 5.78. The molecule has 0 amide bonds. The molecule has 1 aromatic rings. The summed E-state index contributed by atoms with van der Waals surface area (Å²) in [6, 6.07) is 5.68. The van der Waals surface area contributed by atoms with Gasteiger partial charge in [-0.2, -0.15) is 0 Å². The molecule has 0 fully saturated rings. The SMILES string of the molecule is CCOB(OC(C)C)c1cc(Cl)ccc1P. The first-order valence-electron chi connectivity index (χ1n) is 5.36. The van der Waals surface area contributed by atoms with Gasteiger partial charge in [0.05, 0.1) is 0 Å². The summed E-state index contributed by atoms with van der Waals surface area (Å²) in [5.74, 6) is 0. The molecule has 0 aromatic heterocycles. The summed E-state index contributed by atoms with van der Waals surface area (Å²) in [7, 11) is 2.32. The van der Waals surface area contributed by atoms with Crippen LogP contribution in [-0.2, 0) is 9.31 Å². The molecular weight excluding hydrogens is 241 g/mol. The smallest absolute Gasteiger partial charge is 0.408 e. The van der Waals surface area contributed by atoms with Gasteiger partial charge in [0.2, 0.25) is 0 Å². The molecule has 0 saturated carbocycles. The van der Waals surface area contributed by atoms with Crippen molar-refractivity contribution in [3.8, 4) is 0 Å². The van der Waals surface area contributed by atoms with E-state index in [0.717, 1.165) is 10.8 Å². The lowest BCUT2D eigenvalue weighted by Gasteiger charge is -2.18. The van der Waals surface area contributed by atoms with Crippen LogP contribution in [0.25, 0.3) is 0 Å². The second-order valence-corrected chi connectivity index (χ2v) is 4.80. The minimum Gasteiger partial charge on any atom is -0.408 e. The fourth-order valence-corrected chi connectivity index (χ4v) is 1.85. The van der Waals surface area contributed by atoms with E-state index in [1.165, 1.54) is 0 Å². The molecule has 2 nitrogen and oxygen atoms in total. The summed E-state index contributed by atoms with van der Waals surface area (Å²) in [5, 5.41) is 1.74. The van der Waals surface area contributed by atoms with E-state index in [4.69, 9.17) is 20.9 Å². The highest BCUT2D eigenvalue weighted by atomic mass is 35.5. The minimum absolute atomic E-state index is 0.111.